The van der Waals surface area contributed by atoms with Crippen molar-refractivity contribution in [2.75, 3.05) is 5.32 Å². The van der Waals surface area contributed by atoms with E-state index in [-0.39, 0.29) is 10.6 Å². The van der Waals surface area contributed by atoms with Crippen LogP contribution in [0.4, 0.5) is 11.4 Å². The molecule has 0 spiro atoms. The Balaban J connectivity index is 2.19. The molecule has 2 rings (SSSR count). The molecule has 2 unspecified atom stereocenters. The van der Waals surface area contributed by atoms with Gasteiger partial charge in [-0.05, 0) is 44.2 Å². The van der Waals surface area contributed by atoms with Crippen molar-refractivity contribution in [1.29, 1.82) is 0 Å². The van der Waals surface area contributed by atoms with Crippen molar-refractivity contribution >= 4 is 11.4 Å². The zero-order valence-corrected chi connectivity index (χ0v) is 11.9. The first kappa shape index (κ1) is 13.8. The maximum absolute atomic E-state index is 11.0. The summed E-state index contributed by atoms with van der Waals surface area (Å²) in [7, 11) is 0. The molecule has 0 heterocycles. The van der Waals surface area contributed by atoms with Crippen molar-refractivity contribution < 1.29 is 4.92 Å². The lowest BCUT2D eigenvalue weighted by Gasteiger charge is -2.28. The van der Waals surface area contributed by atoms with Gasteiger partial charge in [0.05, 0.1) is 4.92 Å². The van der Waals surface area contributed by atoms with Gasteiger partial charge in [-0.1, -0.05) is 19.8 Å². The van der Waals surface area contributed by atoms with Gasteiger partial charge in [-0.15, -0.1) is 0 Å². The fraction of sp³-hybridized carbons (Fsp3) is 0.600. The lowest BCUT2D eigenvalue weighted by molar-refractivity contribution is -0.385. The highest BCUT2D eigenvalue weighted by molar-refractivity contribution is 5.60. The predicted octanol–water partition coefficient (Wildman–Crippen LogP) is 4.20. The van der Waals surface area contributed by atoms with Crippen LogP contribution in [0.1, 0.15) is 43.7 Å². The third kappa shape index (κ3) is 3.25. The molecule has 4 heteroatoms. The molecule has 0 aliphatic heterocycles. The second kappa shape index (κ2) is 5.59. The minimum absolute atomic E-state index is 0.206. The summed E-state index contributed by atoms with van der Waals surface area (Å²) in [5.41, 5.74) is 2.93. The number of aryl methyl sites for hydroxylation is 2. The summed E-state index contributed by atoms with van der Waals surface area (Å²) >= 11 is 0. The van der Waals surface area contributed by atoms with Crippen LogP contribution in [-0.2, 0) is 0 Å². The van der Waals surface area contributed by atoms with Gasteiger partial charge in [0.15, 0.2) is 0 Å². The number of hydrogen-bond acceptors (Lipinski definition) is 3. The highest BCUT2D eigenvalue weighted by atomic mass is 16.6. The number of anilines is 1. The first-order chi connectivity index (χ1) is 8.97. The lowest BCUT2D eigenvalue weighted by atomic mass is 9.87. The van der Waals surface area contributed by atoms with E-state index in [9.17, 15) is 10.1 Å². The largest absolute Gasteiger partial charge is 0.382 e. The Morgan fingerprint density at radius 2 is 2.00 bits per heavy atom. The minimum Gasteiger partial charge on any atom is -0.382 e. The van der Waals surface area contributed by atoms with E-state index in [1.165, 1.54) is 12.8 Å². The highest BCUT2D eigenvalue weighted by Gasteiger charge is 2.20. The van der Waals surface area contributed by atoms with Gasteiger partial charge in [-0.2, -0.15) is 0 Å². The van der Waals surface area contributed by atoms with Gasteiger partial charge >= 0.3 is 0 Å². The molecule has 1 aromatic rings. The quantitative estimate of drug-likeness (QED) is 0.656. The second-order valence-electron chi connectivity index (χ2n) is 5.82. The van der Waals surface area contributed by atoms with Gasteiger partial charge in [0.1, 0.15) is 0 Å². The summed E-state index contributed by atoms with van der Waals surface area (Å²) < 4.78 is 0. The van der Waals surface area contributed by atoms with Gasteiger partial charge in [0, 0.05) is 23.4 Å². The predicted molar refractivity (Wildman–Crippen MR) is 77.6 cm³/mol. The van der Waals surface area contributed by atoms with Crippen molar-refractivity contribution in [2.24, 2.45) is 5.92 Å². The summed E-state index contributed by atoms with van der Waals surface area (Å²) in [6, 6.07) is 4.03. The zero-order valence-electron chi connectivity index (χ0n) is 11.9. The van der Waals surface area contributed by atoms with Gasteiger partial charge < -0.3 is 5.32 Å². The maximum atomic E-state index is 11.0. The number of nitro groups is 1. The number of benzene rings is 1. The van der Waals surface area contributed by atoms with E-state index >= 15 is 0 Å². The van der Waals surface area contributed by atoms with Crippen molar-refractivity contribution in [3.63, 3.8) is 0 Å². The monoisotopic (exact) mass is 262 g/mol. The standard InChI is InChI=1S/C15H22N2O2/c1-10-5-4-6-13(7-10)16-14-9-15(17(18)19)12(3)8-11(14)2/h8-10,13,16H,4-7H2,1-3H3. The normalized spacial score (nSPS) is 23.1. The molecule has 1 aliphatic rings. The van der Waals surface area contributed by atoms with Crippen LogP contribution in [0.2, 0.25) is 0 Å². The molecule has 2 atom stereocenters. The third-order valence-corrected chi connectivity index (χ3v) is 4.04. The average Bonchev–Trinajstić information content (AvgIpc) is 2.32. The van der Waals surface area contributed by atoms with Crippen LogP contribution in [0, 0.1) is 29.9 Å². The van der Waals surface area contributed by atoms with Gasteiger partial charge in [-0.25, -0.2) is 0 Å². The molecule has 1 aromatic carbocycles. The fourth-order valence-electron chi connectivity index (χ4n) is 2.98. The average molecular weight is 262 g/mol. The first-order valence-electron chi connectivity index (χ1n) is 6.99. The van der Waals surface area contributed by atoms with Crippen LogP contribution in [0.3, 0.4) is 0 Å². The SMILES string of the molecule is Cc1cc(C)c([N+](=O)[O-])cc1NC1CCCC(C)C1. The molecule has 0 aromatic heterocycles. The Morgan fingerprint density at radius 3 is 2.63 bits per heavy atom. The van der Waals surface area contributed by atoms with Gasteiger partial charge in [-0.3, -0.25) is 10.1 Å². The second-order valence-corrected chi connectivity index (χ2v) is 5.82. The van der Waals surface area contributed by atoms with Crippen molar-refractivity contribution in [2.45, 2.75) is 52.5 Å². The zero-order chi connectivity index (χ0) is 14.0. The minimum atomic E-state index is -0.302. The molecular formula is C15H22N2O2. The summed E-state index contributed by atoms with van der Waals surface area (Å²) in [6.45, 7) is 6.07. The van der Waals surface area contributed by atoms with Crippen molar-refractivity contribution in [3.05, 3.63) is 33.4 Å². The van der Waals surface area contributed by atoms with Gasteiger partial charge in [0.2, 0.25) is 0 Å². The molecule has 104 valence electrons. The van der Waals surface area contributed by atoms with E-state index < -0.39 is 0 Å². The Morgan fingerprint density at radius 1 is 1.26 bits per heavy atom. The third-order valence-electron chi connectivity index (χ3n) is 4.04. The fourth-order valence-corrected chi connectivity index (χ4v) is 2.98. The molecule has 1 saturated carbocycles. The molecular weight excluding hydrogens is 240 g/mol. The molecule has 0 amide bonds. The van der Waals surface area contributed by atoms with Crippen LogP contribution in [-0.4, -0.2) is 11.0 Å². The van der Waals surface area contributed by atoms with Gasteiger partial charge in [0.25, 0.3) is 5.69 Å². The first-order valence-corrected chi connectivity index (χ1v) is 6.99. The van der Waals surface area contributed by atoms with E-state index in [1.807, 2.05) is 13.0 Å². The van der Waals surface area contributed by atoms with E-state index in [2.05, 4.69) is 12.2 Å². The molecule has 1 fully saturated rings. The Bertz CT molecular complexity index is 485. The summed E-state index contributed by atoms with van der Waals surface area (Å²) in [4.78, 5) is 10.7. The summed E-state index contributed by atoms with van der Waals surface area (Å²) in [6.07, 6.45) is 4.85. The molecule has 0 radical (unpaired) electrons. The van der Waals surface area contributed by atoms with Crippen LogP contribution < -0.4 is 5.32 Å². The summed E-state index contributed by atoms with van der Waals surface area (Å²) in [5.74, 6) is 0.743. The number of nitrogens with zero attached hydrogens (tertiary/aromatic N) is 1. The molecule has 0 bridgehead atoms. The molecule has 19 heavy (non-hydrogen) atoms. The number of hydrogen-bond donors (Lipinski definition) is 1. The Hall–Kier alpha value is -1.58. The topological polar surface area (TPSA) is 55.2 Å². The lowest BCUT2D eigenvalue weighted by Crippen LogP contribution is -2.26. The molecule has 1 aliphatic carbocycles. The van der Waals surface area contributed by atoms with Crippen molar-refractivity contribution in [3.8, 4) is 0 Å². The van der Waals surface area contributed by atoms with Crippen molar-refractivity contribution in [1.82, 2.24) is 0 Å². The van der Waals surface area contributed by atoms with E-state index in [1.54, 1.807) is 13.0 Å². The van der Waals surface area contributed by atoms with E-state index in [0.717, 1.165) is 35.6 Å². The highest BCUT2D eigenvalue weighted by Crippen LogP contribution is 2.30. The number of rotatable bonds is 3. The Kier molecular flexibility index (Phi) is 4.08. The Labute approximate surface area is 114 Å². The van der Waals surface area contributed by atoms with Crippen LogP contribution in [0.15, 0.2) is 12.1 Å². The molecule has 0 saturated heterocycles. The number of nitro benzene ring substituents is 1. The van der Waals surface area contributed by atoms with E-state index in [0.29, 0.717) is 6.04 Å². The van der Waals surface area contributed by atoms with E-state index in [4.69, 9.17) is 0 Å². The maximum Gasteiger partial charge on any atom is 0.274 e. The number of nitrogens with one attached hydrogen (secondary N) is 1. The smallest absolute Gasteiger partial charge is 0.274 e. The molecule has 4 nitrogen and oxygen atoms in total. The van der Waals surface area contributed by atoms with Crippen LogP contribution in [0.5, 0.6) is 0 Å². The van der Waals surface area contributed by atoms with Crippen LogP contribution >= 0.6 is 0 Å². The molecule has 1 N–H and O–H groups in total. The van der Waals surface area contributed by atoms with Crippen LogP contribution in [0.25, 0.3) is 0 Å². The summed E-state index contributed by atoms with van der Waals surface area (Å²) in [5, 5.41) is 14.5.